The third kappa shape index (κ3) is 3.46. The van der Waals surface area contributed by atoms with Crippen LogP contribution in [0.2, 0.25) is 0 Å². The second-order valence-electron chi connectivity index (χ2n) is 6.05. The number of hydrogen-bond donors (Lipinski definition) is 3. The highest BCUT2D eigenvalue weighted by Gasteiger charge is 2.16. The number of pyridine rings is 1. The Labute approximate surface area is 147 Å². The molecule has 5 heteroatoms. The van der Waals surface area contributed by atoms with Crippen LogP contribution in [0.4, 0.5) is 5.69 Å². The van der Waals surface area contributed by atoms with Gasteiger partial charge < -0.3 is 16.4 Å². The molecular weight excluding hydrogens is 312 g/mol. The lowest BCUT2D eigenvalue weighted by Crippen LogP contribution is -2.24. The first kappa shape index (κ1) is 16.9. The van der Waals surface area contributed by atoms with Gasteiger partial charge in [-0.2, -0.15) is 0 Å². The van der Waals surface area contributed by atoms with Crippen molar-refractivity contribution in [3.05, 3.63) is 71.4 Å². The van der Waals surface area contributed by atoms with Crippen LogP contribution >= 0.6 is 0 Å². The fourth-order valence-corrected chi connectivity index (χ4v) is 3.03. The molecule has 0 spiro atoms. The fourth-order valence-electron chi connectivity index (χ4n) is 3.03. The molecule has 3 rings (SSSR count). The number of hydrogen-bond acceptors (Lipinski definition) is 4. The van der Waals surface area contributed by atoms with Crippen molar-refractivity contribution in [2.24, 2.45) is 5.73 Å². The summed E-state index contributed by atoms with van der Waals surface area (Å²) in [5, 5.41) is 7.75. The number of likely N-dealkylation sites (N-methyl/N-ethyl adjacent to an activating group) is 1. The number of aryl methyl sites for hydroxylation is 1. The minimum Gasteiger partial charge on any atom is -0.376 e. The number of nitrogens with zero attached hydrogens (tertiary/aromatic N) is 1. The van der Waals surface area contributed by atoms with Gasteiger partial charge in [0.15, 0.2) is 0 Å². The van der Waals surface area contributed by atoms with Gasteiger partial charge in [-0.1, -0.05) is 42.5 Å². The largest absolute Gasteiger partial charge is 0.376 e. The van der Waals surface area contributed by atoms with E-state index in [1.54, 1.807) is 12.3 Å². The molecule has 0 aliphatic carbocycles. The van der Waals surface area contributed by atoms with Crippen molar-refractivity contribution in [2.45, 2.75) is 13.0 Å². The van der Waals surface area contributed by atoms with Crippen LogP contribution in [0.1, 0.15) is 27.5 Å². The van der Waals surface area contributed by atoms with E-state index in [2.05, 4.69) is 27.8 Å². The van der Waals surface area contributed by atoms with Crippen LogP contribution in [0.15, 0.2) is 54.7 Å². The number of fused-ring (bicyclic) bond motifs is 1. The lowest BCUT2D eigenvalue weighted by atomic mass is 10.0. The Kier molecular flexibility index (Phi) is 4.95. The molecule has 0 bridgehead atoms. The van der Waals surface area contributed by atoms with Gasteiger partial charge in [0, 0.05) is 23.8 Å². The maximum atomic E-state index is 11.7. The van der Waals surface area contributed by atoms with E-state index in [0.717, 1.165) is 23.2 Å². The number of carbonyl (C=O) groups excluding carboxylic acids is 1. The Morgan fingerprint density at radius 1 is 1.16 bits per heavy atom. The fraction of sp³-hybridized carbons (Fsp3) is 0.200. The molecule has 1 aromatic heterocycles. The molecule has 0 fully saturated rings. The summed E-state index contributed by atoms with van der Waals surface area (Å²) in [5.74, 6) is -0.470. The van der Waals surface area contributed by atoms with E-state index in [9.17, 15) is 4.79 Å². The zero-order chi connectivity index (χ0) is 17.8. The number of carbonyl (C=O) groups is 1. The molecule has 4 N–H and O–H groups in total. The van der Waals surface area contributed by atoms with Crippen molar-refractivity contribution in [3.8, 4) is 0 Å². The highest BCUT2D eigenvalue weighted by Crippen LogP contribution is 2.30. The summed E-state index contributed by atoms with van der Waals surface area (Å²) < 4.78 is 0. The first-order valence-corrected chi connectivity index (χ1v) is 8.26. The topological polar surface area (TPSA) is 80.0 Å². The highest BCUT2D eigenvalue weighted by molar-refractivity contribution is 6.07. The number of amides is 1. The Balaban J connectivity index is 2.09. The number of primary amides is 1. The molecule has 0 radical (unpaired) electrons. The van der Waals surface area contributed by atoms with Gasteiger partial charge in [0.25, 0.3) is 5.91 Å². The summed E-state index contributed by atoms with van der Waals surface area (Å²) in [5.41, 5.74) is 9.74. The van der Waals surface area contributed by atoms with Gasteiger partial charge in [-0.15, -0.1) is 0 Å². The van der Waals surface area contributed by atoms with Gasteiger partial charge in [-0.25, -0.2) is 0 Å². The van der Waals surface area contributed by atoms with Crippen LogP contribution in [0.25, 0.3) is 10.9 Å². The summed E-state index contributed by atoms with van der Waals surface area (Å²) in [4.78, 5) is 16.1. The third-order valence-electron chi connectivity index (χ3n) is 4.28. The number of para-hydroxylation sites is 1. The predicted molar refractivity (Wildman–Crippen MR) is 102 cm³/mol. The molecule has 128 valence electrons. The van der Waals surface area contributed by atoms with Gasteiger partial charge in [0.05, 0.1) is 17.1 Å². The molecule has 0 saturated heterocycles. The molecule has 2 aromatic carbocycles. The van der Waals surface area contributed by atoms with E-state index in [1.807, 2.05) is 44.3 Å². The average Bonchev–Trinajstić information content (AvgIpc) is 2.63. The van der Waals surface area contributed by atoms with E-state index < -0.39 is 5.91 Å². The molecule has 0 unspecified atom stereocenters. The molecule has 0 aliphatic rings. The average molecular weight is 334 g/mol. The van der Waals surface area contributed by atoms with Crippen LogP contribution in [0.5, 0.6) is 0 Å². The molecule has 0 saturated carbocycles. The van der Waals surface area contributed by atoms with Crippen LogP contribution in [-0.4, -0.2) is 24.5 Å². The SMILES string of the molecule is CNC[C@@H](Nc1c(C)cnc2c(C(N)=O)cccc12)c1ccccc1. The van der Waals surface area contributed by atoms with Gasteiger partial charge in [0.2, 0.25) is 0 Å². The highest BCUT2D eigenvalue weighted by atomic mass is 16.1. The molecule has 1 heterocycles. The first-order valence-electron chi connectivity index (χ1n) is 8.26. The number of nitrogens with one attached hydrogen (secondary N) is 2. The van der Waals surface area contributed by atoms with E-state index in [-0.39, 0.29) is 6.04 Å². The zero-order valence-corrected chi connectivity index (χ0v) is 14.4. The van der Waals surface area contributed by atoms with Crippen molar-refractivity contribution >= 4 is 22.5 Å². The molecule has 3 aromatic rings. The smallest absolute Gasteiger partial charge is 0.250 e. The molecular formula is C20H22N4O. The first-order chi connectivity index (χ1) is 12.1. The van der Waals surface area contributed by atoms with Gasteiger partial charge in [0.1, 0.15) is 0 Å². The normalized spacial score (nSPS) is 12.1. The van der Waals surface area contributed by atoms with Crippen LogP contribution in [0.3, 0.4) is 0 Å². The second-order valence-corrected chi connectivity index (χ2v) is 6.05. The number of benzene rings is 2. The summed E-state index contributed by atoms with van der Waals surface area (Å²) in [7, 11) is 1.93. The van der Waals surface area contributed by atoms with Gasteiger partial charge >= 0.3 is 0 Å². The maximum Gasteiger partial charge on any atom is 0.250 e. The van der Waals surface area contributed by atoms with Crippen LogP contribution in [-0.2, 0) is 0 Å². The Morgan fingerprint density at radius 3 is 2.60 bits per heavy atom. The Bertz CT molecular complexity index is 893. The van der Waals surface area contributed by atoms with E-state index in [0.29, 0.717) is 11.1 Å². The number of aromatic nitrogens is 1. The summed E-state index contributed by atoms with van der Waals surface area (Å²) in [6, 6.07) is 15.9. The van der Waals surface area contributed by atoms with E-state index in [4.69, 9.17) is 5.73 Å². The molecule has 25 heavy (non-hydrogen) atoms. The molecule has 5 nitrogen and oxygen atoms in total. The van der Waals surface area contributed by atoms with Crippen molar-refractivity contribution < 1.29 is 4.79 Å². The van der Waals surface area contributed by atoms with Crippen molar-refractivity contribution in [1.29, 1.82) is 0 Å². The monoisotopic (exact) mass is 334 g/mol. The van der Waals surface area contributed by atoms with Crippen molar-refractivity contribution in [3.63, 3.8) is 0 Å². The lowest BCUT2D eigenvalue weighted by Gasteiger charge is -2.23. The van der Waals surface area contributed by atoms with Crippen molar-refractivity contribution in [2.75, 3.05) is 18.9 Å². The second kappa shape index (κ2) is 7.32. The minimum atomic E-state index is -0.470. The minimum absolute atomic E-state index is 0.0905. The standard InChI is InChI=1S/C20H22N4O/c1-13-11-23-19-15(9-6-10-16(19)20(21)25)18(13)24-17(12-22-2)14-7-4-3-5-8-14/h3-11,17,22H,12H2,1-2H3,(H2,21,25)(H,23,24)/t17-/m1/s1. The summed E-state index contributed by atoms with van der Waals surface area (Å²) in [6.45, 7) is 2.77. The number of rotatable bonds is 6. The van der Waals surface area contributed by atoms with Crippen LogP contribution < -0.4 is 16.4 Å². The van der Waals surface area contributed by atoms with E-state index >= 15 is 0 Å². The maximum absolute atomic E-state index is 11.7. The Hall–Kier alpha value is -2.92. The zero-order valence-electron chi connectivity index (χ0n) is 14.4. The van der Waals surface area contributed by atoms with Gasteiger partial charge in [-0.05, 0) is 31.2 Å². The lowest BCUT2D eigenvalue weighted by molar-refractivity contribution is 0.100. The Morgan fingerprint density at radius 2 is 1.92 bits per heavy atom. The summed E-state index contributed by atoms with van der Waals surface area (Å²) >= 11 is 0. The number of nitrogens with two attached hydrogens (primary N) is 1. The summed E-state index contributed by atoms with van der Waals surface area (Å²) in [6.07, 6.45) is 1.78. The number of anilines is 1. The van der Waals surface area contributed by atoms with Crippen molar-refractivity contribution in [1.82, 2.24) is 10.3 Å². The molecule has 0 aliphatic heterocycles. The molecule has 1 amide bonds. The quantitative estimate of drug-likeness (QED) is 0.647. The van der Waals surface area contributed by atoms with Crippen LogP contribution in [0, 0.1) is 6.92 Å². The predicted octanol–water partition coefficient (Wildman–Crippen LogP) is 3.01. The van der Waals surface area contributed by atoms with E-state index in [1.165, 1.54) is 5.56 Å². The van der Waals surface area contributed by atoms with Gasteiger partial charge in [-0.3, -0.25) is 9.78 Å². The molecule has 1 atom stereocenters. The third-order valence-corrected chi connectivity index (χ3v) is 4.28.